The maximum Gasteiger partial charge on any atom is 0.142 e. The van der Waals surface area contributed by atoms with Gasteiger partial charge in [0.05, 0.1) is 6.20 Å². The molecule has 3 aromatic rings. The van der Waals surface area contributed by atoms with E-state index in [4.69, 9.17) is 0 Å². The molecule has 7 heteroatoms. The van der Waals surface area contributed by atoms with Gasteiger partial charge in [-0.3, -0.25) is 4.57 Å². The zero-order chi connectivity index (χ0) is 15.5. The van der Waals surface area contributed by atoms with E-state index in [1.54, 1.807) is 12.5 Å². The Morgan fingerprint density at radius 2 is 2.26 bits per heavy atom. The van der Waals surface area contributed by atoms with Crippen LogP contribution in [-0.4, -0.2) is 37.4 Å². The molecule has 0 bridgehead atoms. The molecule has 1 aliphatic heterocycles. The van der Waals surface area contributed by atoms with Crippen molar-refractivity contribution in [3.8, 4) is 5.82 Å². The van der Waals surface area contributed by atoms with E-state index < -0.39 is 0 Å². The van der Waals surface area contributed by atoms with Crippen molar-refractivity contribution in [3.63, 3.8) is 0 Å². The topological polar surface area (TPSA) is 72.6 Å². The van der Waals surface area contributed by atoms with Gasteiger partial charge in [0.25, 0.3) is 0 Å². The summed E-state index contributed by atoms with van der Waals surface area (Å²) in [6.45, 7) is 3.64. The van der Waals surface area contributed by atoms with Crippen molar-refractivity contribution in [1.29, 1.82) is 0 Å². The Balaban J connectivity index is 1.37. The third kappa shape index (κ3) is 2.95. The summed E-state index contributed by atoms with van der Waals surface area (Å²) in [6.07, 6.45) is 9.10. The standard InChI is InChI=1S/C16H19N7/c1-2-14(16(19-4-1)22-7-6-17-12-22)10-18-8-13-9-20-15-3-5-21-23(15)11-13/h1-7,12-13,18,20H,8-11H2/t13-/m0/s1. The molecule has 0 saturated carbocycles. The Morgan fingerprint density at radius 1 is 1.26 bits per heavy atom. The van der Waals surface area contributed by atoms with E-state index in [0.717, 1.165) is 43.4 Å². The van der Waals surface area contributed by atoms with Crippen molar-refractivity contribution in [3.05, 3.63) is 54.9 Å². The molecule has 23 heavy (non-hydrogen) atoms. The lowest BCUT2D eigenvalue weighted by Gasteiger charge is -2.25. The molecule has 0 aliphatic carbocycles. The second kappa shape index (κ2) is 6.21. The number of hydrogen-bond donors (Lipinski definition) is 2. The molecule has 0 saturated heterocycles. The van der Waals surface area contributed by atoms with Crippen LogP contribution in [0.4, 0.5) is 5.82 Å². The van der Waals surface area contributed by atoms with Crippen LogP contribution >= 0.6 is 0 Å². The lowest BCUT2D eigenvalue weighted by molar-refractivity contribution is 0.391. The zero-order valence-corrected chi connectivity index (χ0v) is 12.8. The van der Waals surface area contributed by atoms with Crippen molar-refractivity contribution < 1.29 is 0 Å². The summed E-state index contributed by atoms with van der Waals surface area (Å²) in [4.78, 5) is 8.56. The van der Waals surface area contributed by atoms with E-state index in [0.29, 0.717) is 5.92 Å². The highest BCUT2D eigenvalue weighted by atomic mass is 15.3. The molecular weight excluding hydrogens is 290 g/mol. The van der Waals surface area contributed by atoms with Crippen LogP contribution in [0.1, 0.15) is 5.56 Å². The minimum Gasteiger partial charge on any atom is -0.370 e. The summed E-state index contributed by atoms with van der Waals surface area (Å²) in [5, 5.41) is 11.3. The van der Waals surface area contributed by atoms with Crippen LogP contribution in [0.5, 0.6) is 0 Å². The number of hydrogen-bond acceptors (Lipinski definition) is 5. The average molecular weight is 309 g/mol. The van der Waals surface area contributed by atoms with Gasteiger partial charge in [0.2, 0.25) is 0 Å². The minimum absolute atomic E-state index is 0.524. The third-order valence-electron chi connectivity index (χ3n) is 4.08. The molecule has 0 radical (unpaired) electrons. The Kier molecular flexibility index (Phi) is 3.77. The third-order valence-corrected chi connectivity index (χ3v) is 4.08. The van der Waals surface area contributed by atoms with Crippen LogP contribution in [0.2, 0.25) is 0 Å². The molecule has 7 nitrogen and oxygen atoms in total. The van der Waals surface area contributed by atoms with Gasteiger partial charge >= 0.3 is 0 Å². The van der Waals surface area contributed by atoms with Crippen LogP contribution < -0.4 is 10.6 Å². The smallest absolute Gasteiger partial charge is 0.142 e. The first kappa shape index (κ1) is 14.0. The zero-order valence-electron chi connectivity index (χ0n) is 12.8. The summed E-state index contributed by atoms with van der Waals surface area (Å²) in [6, 6.07) is 6.08. The number of imidazole rings is 1. The molecule has 118 valence electrons. The number of nitrogens with one attached hydrogen (secondary N) is 2. The number of fused-ring (bicyclic) bond motifs is 1. The fourth-order valence-electron chi connectivity index (χ4n) is 2.92. The normalized spacial score (nSPS) is 16.8. The van der Waals surface area contributed by atoms with Crippen molar-refractivity contribution in [1.82, 2.24) is 29.6 Å². The fourth-order valence-corrected chi connectivity index (χ4v) is 2.92. The minimum atomic E-state index is 0.524. The molecule has 0 spiro atoms. The van der Waals surface area contributed by atoms with E-state index in [9.17, 15) is 0 Å². The fraction of sp³-hybridized carbons (Fsp3) is 0.312. The largest absolute Gasteiger partial charge is 0.370 e. The first-order chi connectivity index (χ1) is 11.4. The average Bonchev–Trinajstić information content (AvgIpc) is 3.26. The highest BCUT2D eigenvalue weighted by Gasteiger charge is 2.17. The van der Waals surface area contributed by atoms with Crippen molar-refractivity contribution >= 4 is 5.82 Å². The predicted octanol–water partition coefficient (Wildman–Crippen LogP) is 1.30. The first-order valence-electron chi connectivity index (χ1n) is 7.79. The molecule has 1 aliphatic rings. The molecule has 4 heterocycles. The lowest BCUT2D eigenvalue weighted by atomic mass is 10.1. The van der Waals surface area contributed by atoms with Crippen molar-refractivity contribution in [2.24, 2.45) is 5.92 Å². The van der Waals surface area contributed by atoms with Gasteiger partial charge in [-0.05, 0) is 6.07 Å². The molecule has 0 fully saturated rings. The summed E-state index contributed by atoms with van der Waals surface area (Å²) in [5.74, 6) is 2.56. The van der Waals surface area contributed by atoms with E-state index in [2.05, 4.69) is 31.8 Å². The van der Waals surface area contributed by atoms with Gasteiger partial charge in [0, 0.05) is 62.3 Å². The molecule has 1 atom stereocenters. The van der Waals surface area contributed by atoms with E-state index in [-0.39, 0.29) is 0 Å². The van der Waals surface area contributed by atoms with Crippen molar-refractivity contribution in [2.45, 2.75) is 13.1 Å². The number of aromatic nitrogens is 5. The predicted molar refractivity (Wildman–Crippen MR) is 87.3 cm³/mol. The molecule has 0 unspecified atom stereocenters. The second-order valence-electron chi connectivity index (χ2n) is 5.73. The SMILES string of the molecule is c1cnc(-n2ccnc2)c(CNC[C@H]2CNc3ccnn3C2)c1. The molecule has 4 rings (SSSR count). The quantitative estimate of drug-likeness (QED) is 0.743. The number of nitrogens with zero attached hydrogens (tertiary/aromatic N) is 5. The summed E-state index contributed by atoms with van der Waals surface area (Å²) >= 11 is 0. The monoisotopic (exact) mass is 309 g/mol. The van der Waals surface area contributed by atoms with Gasteiger partial charge in [-0.2, -0.15) is 5.10 Å². The van der Waals surface area contributed by atoms with Gasteiger partial charge in [0.1, 0.15) is 18.0 Å². The van der Waals surface area contributed by atoms with Gasteiger partial charge in [-0.25, -0.2) is 14.6 Å². The van der Waals surface area contributed by atoms with Gasteiger partial charge in [-0.1, -0.05) is 6.07 Å². The highest BCUT2D eigenvalue weighted by Crippen LogP contribution is 2.16. The molecule has 0 aromatic carbocycles. The van der Waals surface area contributed by atoms with Gasteiger partial charge in [0.15, 0.2) is 0 Å². The van der Waals surface area contributed by atoms with E-state index >= 15 is 0 Å². The summed E-state index contributed by atoms with van der Waals surface area (Å²) < 4.78 is 3.96. The molecular formula is C16H19N7. The molecule has 3 aromatic heterocycles. The number of anilines is 1. The van der Waals surface area contributed by atoms with Crippen LogP contribution in [-0.2, 0) is 13.1 Å². The van der Waals surface area contributed by atoms with Crippen molar-refractivity contribution in [2.75, 3.05) is 18.4 Å². The van der Waals surface area contributed by atoms with Crippen LogP contribution in [0.15, 0.2) is 49.3 Å². The molecule has 0 amide bonds. The maximum absolute atomic E-state index is 4.47. The van der Waals surface area contributed by atoms with Crippen LogP contribution in [0.3, 0.4) is 0 Å². The van der Waals surface area contributed by atoms with Crippen LogP contribution in [0, 0.1) is 5.92 Å². The Bertz CT molecular complexity index is 762. The molecule has 2 N–H and O–H groups in total. The first-order valence-corrected chi connectivity index (χ1v) is 7.79. The maximum atomic E-state index is 4.47. The Morgan fingerprint density at radius 3 is 3.17 bits per heavy atom. The number of pyridine rings is 1. The van der Waals surface area contributed by atoms with Gasteiger partial charge in [-0.15, -0.1) is 0 Å². The van der Waals surface area contributed by atoms with E-state index in [1.165, 1.54) is 0 Å². The highest BCUT2D eigenvalue weighted by molar-refractivity contribution is 5.35. The van der Waals surface area contributed by atoms with E-state index in [1.807, 2.05) is 40.0 Å². The Hall–Kier alpha value is -2.67. The summed E-state index contributed by atoms with van der Waals surface area (Å²) in [7, 11) is 0. The Labute approximate surface area is 134 Å². The van der Waals surface area contributed by atoms with Gasteiger partial charge < -0.3 is 10.6 Å². The lowest BCUT2D eigenvalue weighted by Crippen LogP contribution is -2.35. The second-order valence-corrected chi connectivity index (χ2v) is 5.73. The summed E-state index contributed by atoms with van der Waals surface area (Å²) in [5.41, 5.74) is 1.16. The van der Waals surface area contributed by atoms with Crippen LogP contribution in [0.25, 0.3) is 5.82 Å². The number of rotatable bonds is 5.